The van der Waals surface area contributed by atoms with Gasteiger partial charge in [-0.25, -0.2) is 0 Å². The van der Waals surface area contributed by atoms with E-state index in [0.29, 0.717) is 17.9 Å². The number of hydrogen-bond acceptors (Lipinski definition) is 4. The van der Waals surface area contributed by atoms with Crippen molar-refractivity contribution < 1.29 is 4.74 Å². The first-order chi connectivity index (χ1) is 8.61. The van der Waals surface area contributed by atoms with Gasteiger partial charge in [0.2, 0.25) is 0 Å². The van der Waals surface area contributed by atoms with E-state index in [9.17, 15) is 0 Å². The lowest BCUT2D eigenvalue weighted by Crippen LogP contribution is -2.26. The number of rotatable bonds is 5. The molecule has 96 valence electrons. The maximum Gasteiger partial charge on any atom is 0.140 e. The molecule has 1 aliphatic rings. The van der Waals surface area contributed by atoms with Crippen molar-refractivity contribution in [2.24, 2.45) is 0 Å². The summed E-state index contributed by atoms with van der Waals surface area (Å²) in [6, 6.07) is 4.74. The Bertz CT molecular complexity index is 475. The summed E-state index contributed by atoms with van der Waals surface area (Å²) in [5.41, 5.74) is 2.18. The molecule has 1 aromatic heterocycles. The first kappa shape index (κ1) is 12.8. The molecule has 18 heavy (non-hydrogen) atoms. The third-order valence-corrected chi connectivity index (χ3v) is 3.28. The Morgan fingerprint density at radius 1 is 1.50 bits per heavy atom. The van der Waals surface area contributed by atoms with Gasteiger partial charge in [-0.2, -0.15) is 5.26 Å². The zero-order chi connectivity index (χ0) is 13.1. The van der Waals surface area contributed by atoms with Crippen LogP contribution in [0, 0.1) is 25.2 Å². The molecule has 0 spiro atoms. The Kier molecular flexibility index (Phi) is 3.83. The Labute approximate surface area is 108 Å². The van der Waals surface area contributed by atoms with Crippen molar-refractivity contribution >= 4 is 0 Å². The van der Waals surface area contributed by atoms with Gasteiger partial charge < -0.3 is 9.64 Å². The van der Waals surface area contributed by atoms with Gasteiger partial charge in [-0.1, -0.05) is 0 Å². The SMILES string of the molecule is Cc1cc(OCCN(C)C2CC2)c(C#N)c(C)n1. The molecule has 1 aliphatic carbocycles. The van der Waals surface area contributed by atoms with Crippen LogP contribution in [0.3, 0.4) is 0 Å². The zero-order valence-electron chi connectivity index (χ0n) is 11.2. The highest BCUT2D eigenvalue weighted by atomic mass is 16.5. The molecule has 0 aliphatic heterocycles. The Balaban J connectivity index is 1.97. The largest absolute Gasteiger partial charge is 0.491 e. The molecular weight excluding hydrogens is 226 g/mol. The number of nitrogens with zero attached hydrogens (tertiary/aromatic N) is 3. The van der Waals surface area contributed by atoms with Gasteiger partial charge in [-0.3, -0.25) is 4.98 Å². The molecule has 1 heterocycles. The number of ether oxygens (including phenoxy) is 1. The van der Waals surface area contributed by atoms with Crippen LogP contribution in [-0.2, 0) is 0 Å². The normalized spacial score (nSPS) is 14.6. The number of nitriles is 1. The van der Waals surface area contributed by atoms with Gasteiger partial charge in [0.15, 0.2) is 0 Å². The molecule has 0 radical (unpaired) electrons. The van der Waals surface area contributed by atoms with Crippen LogP contribution < -0.4 is 4.74 Å². The van der Waals surface area contributed by atoms with Crippen LogP contribution >= 0.6 is 0 Å². The maximum atomic E-state index is 9.12. The quantitative estimate of drug-likeness (QED) is 0.796. The van der Waals surface area contributed by atoms with E-state index < -0.39 is 0 Å². The van der Waals surface area contributed by atoms with E-state index in [2.05, 4.69) is 23.0 Å². The van der Waals surface area contributed by atoms with Crippen LogP contribution in [0.4, 0.5) is 0 Å². The van der Waals surface area contributed by atoms with Crippen LogP contribution in [0.25, 0.3) is 0 Å². The van der Waals surface area contributed by atoms with Gasteiger partial charge in [0.25, 0.3) is 0 Å². The van der Waals surface area contributed by atoms with Crippen LogP contribution in [0.2, 0.25) is 0 Å². The van der Waals surface area contributed by atoms with Crippen LogP contribution in [0.5, 0.6) is 5.75 Å². The first-order valence-corrected chi connectivity index (χ1v) is 6.33. The molecular formula is C14H19N3O. The molecule has 2 rings (SSSR count). The van der Waals surface area contributed by atoms with Gasteiger partial charge in [-0.15, -0.1) is 0 Å². The molecule has 0 N–H and O–H groups in total. The fourth-order valence-corrected chi connectivity index (χ4v) is 2.04. The predicted octanol–water partition coefficient (Wildman–Crippen LogP) is 2.04. The summed E-state index contributed by atoms with van der Waals surface area (Å²) in [7, 11) is 2.12. The molecule has 0 amide bonds. The summed E-state index contributed by atoms with van der Waals surface area (Å²) in [5, 5.41) is 9.12. The van der Waals surface area contributed by atoms with Crippen molar-refractivity contribution in [3.63, 3.8) is 0 Å². The fraction of sp³-hybridized carbons (Fsp3) is 0.571. The van der Waals surface area contributed by atoms with E-state index in [0.717, 1.165) is 24.0 Å². The summed E-state index contributed by atoms with van der Waals surface area (Å²) in [6.45, 7) is 5.27. The molecule has 0 bridgehead atoms. The van der Waals surface area contributed by atoms with Gasteiger partial charge in [0, 0.05) is 24.3 Å². The topological polar surface area (TPSA) is 49.1 Å². The highest BCUT2D eigenvalue weighted by Gasteiger charge is 2.25. The molecule has 0 unspecified atom stereocenters. The number of aromatic nitrogens is 1. The average molecular weight is 245 g/mol. The minimum absolute atomic E-state index is 0.551. The summed E-state index contributed by atoms with van der Waals surface area (Å²) in [5.74, 6) is 0.659. The molecule has 1 aromatic rings. The standard InChI is InChI=1S/C14H19N3O/c1-10-8-14(13(9-15)11(2)16-10)18-7-6-17(3)12-4-5-12/h8,12H,4-7H2,1-3H3. The molecule has 0 saturated heterocycles. The second-order valence-corrected chi connectivity index (χ2v) is 4.89. The van der Waals surface area contributed by atoms with Crippen molar-refractivity contribution in [1.82, 2.24) is 9.88 Å². The third kappa shape index (κ3) is 2.99. The molecule has 1 fully saturated rings. The lowest BCUT2D eigenvalue weighted by Gasteiger charge is -2.16. The van der Waals surface area contributed by atoms with E-state index >= 15 is 0 Å². The van der Waals surface area contributed by atoms with Gasteiger partial charge in [0.1, 0.15) is 24.0 Å². The Hall–Kier alpha value is -1.60. The van der Waals surface area contributed by atoms with Crippen molar-refractivity contribution in [3.05, 3.63) is 23.0 Å². The zero-order valence-corrected chi connectivity index (χ0v) is 11.2. The summed E-state index contributed by atoms with van der Waals surface area (Å²) in [6.07, 6.45) is 2.60. The van der Waals surface area contributed by atoms with Gasteiger partial charge in [0.05, 0.1) is 5.69 Å². The van der Waals surface area contributed by atoms with Gasteiger partial charge >= 0.3 is 0 Å². The predicted molar refractivity (Wildman–Crippen MR) is 69.6 cm³/mol. The maximum absolute atomic E-state index is 9.12. The fourth-order valence-electron chi connectivity index (χ4n) is 2.04. The summed E-state index contributed by atoms with van der Waals surface area (Å²) < 4.78 is 5.73. The Morgan fingerprint density at radius 3 is 2.83 bits per heavy atom. The highest BCUT2D eigenvalue weighted by Crippen LogP contribution is 2.25. The minimum atomic E-state index is 0.551. The van der Waals surface area contributed by atoms with Crippen molar-refractivity contribution in [3.8, 4) is 11.8 Å². The first-order valence-electron chi connectivity index (χ1n) is 6.33. The van der Waals surface area contributed by atoms with E-state index in [1.165, 1.54) is 12.8 Å². The molecule has 1 saturated carbocycles. The summed E-state index contributed by atoms with van der Waals surface area (Å²) in [4.78, 5) is 6.59. The molecule has 4 heteroatoms. The van der Waals surface area contributed by atoms with Crippen molar-refractivity contribution in [2.75, 3.05) is 20.2 Å². The number of aryl methyl sites for hydroxylation is 2. The monoisotopic (exact) mass is 245 g/mol. The lowest BCUT2D eigenvalue weighted by atomic mass is 10.2. The van der Waals surface area contributed by atoms with Crippen LogP contribution in [-0.4, -0.2) is 36.1 Å². The smallest absolute Gasteiger partial charge is 0.140 e. The highest BCUT2D eigenvalue weighted by molar-refractivity contribution is 5.46. The lowest BCUT2D eigenvalue weighted by molar-refractivity contribution is 0.231. The van der Waals surface area contributed by atoms with Crippen molar-refractivity contribution in [2.45, 2.75) is 32.7 Å². The second-order valence-electron chi connectivity index (χ2n) is 4.89. The van der Waals surface area contributed by atoms with Crippen molar-refractivity contribution in [1.29, 1.82) is 5.26 Å². The minimum Gasteiger partial charge on any atom is -0.491 e. The average Bonchev–Trinajstić information content (AvgIpc) is 3.12. The van der Waals surface area contributed by atoms with E-state index in [1.54, 1.807) is 0 Å². The number of pyridine rings is 1. The molecule has 0 atom stereocenters. The summed E-state index contributed by atoms with van der Waals surface area (Å²) >= 11 is 0. The second kappa shape index (κ2) is 5.36. The van der Waals surface area contributed by atoms with Gasteiger partial charge in [-0.05, 0) is 33.7 Å². The van der Waals surface area contributed by atoms with Crippen LogP contribution in [0.1, 0.15) is 29.8 Å². The third-order valence-electron chi connectivity index (χ3n) is 3.28. The number of hydrogen-bond donors (Lipinski definition) is 0. The van der Waals surface area contributed by atoms with E-state index in [4.69, 9.17) is 10.00 Å². The number of likely N-dealkylation sites (N-methyl/N-ethyl adjacent to an activating group) is 1. The van der Waals surface area contributed by atoms with E-state index in [-0.39, 0.29) is 0 Å². The van der Waals surface area contributed by atoms with E-state index in [1.807, 2.05) is 19.9 Å². The Morgan fingerprint density at radius 2 is 2.22 bits per heavy atom. The van der Waals surface area contributed by atoms with Crippen LogP contribution in [0.15, 0.2) is 6.07 Å². The molecule has 4 nitrogen and oxygen atoms in total. The molecule has 0 aromatic carbocycles.